The maximum Gasteiger partial charge on any atom is 0.133 e. The minimum atomic E-state index is 0.966. The van der Waals surface area contributed by atoms with Crippen LogP contribution in [-0.2, 0) is 6.42 Å². The van der Waals surface area contributed by atoms with E-state index in [2.05, 4.69) is 73.6 Å². The van der Waals surface area contributed by atoms with Crippen molar-refractivity contribution in [3.05, 3.63) is 63.0 Å². The van der Waals surface area contributed by atoms with E-state index in [0.29, 0.717) is 0 Å². The lowest BCUT2D eigenvalue weighted by atomic mass is 10.1. The summed E-state index contributed by atoms with van der Waals surface area (Å²) in [6.45, 7) is 0.966. The molecule has 3 nitrogen and oxygen atoms in total. The SMILES string of the molecule is Brc1ccc(-c2nn(-c3ccc(Br)cc3)c3c2CCN3)cc1. The van der Waals surface area contributed by atoms with Gasteiger partial charge < -0.3 is 5.32 Å². The molecule has 0 unspecified atom stereocenters. The van der Waals surface area contributed by atoms with E-state index in [0.717, 1.165) is 44.7 Å². The van der Waals surface area contributed by atoms with Crippen LogP contribution in [0.15, 0.2) is 57.5 Å². The Morgan fingerprint density at radius 1 is 0.909 bits per heavy atom. The molecule has 5 heteroatoms. The van der Waals surface area contributed by atoms with Gasteiger partial charge in [0.05, 0.1) is 11.4 Å². The molecule has 0 saturated heterocycles. The summed E-state index contributed by atoms with van der Waals surface area (Å²) in [6, 6.07) is 16.6. The summed E-state index contributed by atoms with van der Waals surface area (Å²) in [7, 11) is 0. The van der Waals surface area contributed by atoms with E-state index in [4.69, 9.17) is 5.10 Å². The summed E-state index contributed by atoms with van der Waals surface area (Å²) in [5.74, 6) is 1.11. The first kappa shape index (κ1) is 14.0. The molecule has 22 heavy (non-hydrogen) atoms. The number of anilines is 1. The highest BCUT2D eigenvalue weighted by atomic mass is 79.9. The molecule has 0 spiro atoms. The maximum atomic E-state index is 4.86. The Morgan fingerprint density at radius 3 is 2.23 bits per heavy atom. The average Bonchev–Trinajstić information content (AvgIpc) is 3.12. The fraction of sp³-hybridized carbons (Fsp3) is 0.118. The number of rotatable bonds is 2. The Hall–Kier alpha value is -1.59. The molecule has 2 aromatic carbocycles. The molecule has 1 N–H and O–H groups in total. The molecule has 110 valence electrons. The van der Waals surface area contributed by atoms with Crippen LogP contribution >= 0.6 is 31.9 Å². The summed E-state index contributed by atoms with van der Waals surface area (Å²) in [4.78, 5) is 0. The maximum absolute atomic E-state index is 4.86. The van der Waals surface area contributed by atoms with Crippen molar-refractivity contribution in [2.75, 3.05) is 11.9 Å². The lowest BCUT2D eigenvalue weighted by Gasteiger charge is -2.06. The molecule has 0 saturated carbocycles. The minimum Gasteiger partial charge on any atom is -0.369 e. The largest absolute Gasteiger partial charge is 0.369 e. The van der Waals surface area contributed by atoms with E-state index < -0.39 is 0 Å². The normalized spacial score (nSPS) is 13.0. The van der Waals surface area contributed by atoms with Crippen molar-refractivity contribution in [2.24, 2.45) is 0 Å². The van der Waals surface area contributed by atoms with Gasteiger partial charge in [0.15, 0.2) is 0 Å². The molecule has 3 aromatic rings. The smallest absolute Gasteiger partial charge is 0.133 e. The second-order valence-electron chi connectivity index (χ2n) is 5.25. The van der Waals surface area contributed by atoms with Gasteiger partial charge in [0, 0.05) is 26.6 Å². The molecular formula is C17H13Br2N3. The minimum absolute atomic E-state index is 0.966. The standard InChI is InChI=1S/C17H13Br2N3/c18-12-3-1-11(2-4-12)16-15-9-10-20-17(15)22(21-16)14-7-5-13(19)6-8-14/h1-8,20H,9-10H2. The first-order valence-electron chi connectivity index (χ1n) is 7.10. The zero-order chi connectivity index (χ0) is 15.1. The monoisotopic (exact) mass is 417 g/mol. The zero-order valence-electron chi connectivity index (χ0n) is 11.7. The molecule has 0 bridgehead atoms. The summed E-state index contributed by atoms with van der Waals surface area (Å²) in [5.41, 5.74) is 4.58. The summed E-state index contributed by atoms with van der Waals surface area (Å²) < 4.78 is 4.16. The molecular weight excluding hydrogens is 406 g/mol. The van der Waals surface area contributed by atoms with E-state index >= 15 is 0 Å². The van der Waals surface area contributed by atoms with Gasteiger partial charge in [-0.2, -0.15) is 5.10 Å². The van der Waals surface area contributed by atoms with Gasteiger partial charge in [-0.1, -0.05) is 44.0 Å². The Kier molecular flexibility index (Phi) is 3.54. The fourth-order valence-corrected chi connectivity index (χ4v) is 3.31. The second kappa shape index (κ2) is 5.56. The summed E-state index contributed by atoms with van der Waals surface area (Å²) in [6.07, 6.45) is 1.01. The Balaban J connectivity index is 1.86. The molecule has 4 rings (SSSR count). The van der Waals surface area contributed by atoms with E-state index in [1.807, 2.05) is 16.8 Å². The third-order valence-corrected chi connectivity index (χ3v) is 4.90. The van der Waals surface area contributed by atoms with Crippen LogP contribution in [0.25, 0.3) is 16.9 Å². The quantitative estimate of drug-likeness (QED) is 0.632. The van der Waals surface area contributed by atoms with Crippen LogP contribution in [0.5, 0.6) is 0 Å². The molecule has 2 heterocycles. The second-order valence-corrected chi connectivity index (χ2v) is 7.08. The number of benzene rings is 2. The number of nitrogens with one attached hydrogen (secondary N) is 1. The number of hydrogen-bond acceptors (Lipinski definition) is 2. The molecule has 0 atom stereocenters. The van der Waals surface area contributed by atoms with Crippen LogP contribution in [0, 0.1) is 0 Å². The van der Waals surface area contributed by atoms with Crippen LogP contribution in [0.3, 0.4) is 0 Å². The number of halogens is 2. The average molecular weight is 419 g/mol. The summed E-state index contributed by atoms with van der Waals surface area (Å²) in [5, 5.41) is 8.32. The van der Waals surface area contributed by atoms with Gasteiger partial charge >= 0.3 is 0 Å². The fourth-order valence-electron chi connectivity index (χ4n) is 2.78. The number of fused-ring (bicyclic) bond motifs is 1. The van der Waals surface area contributed by atoms with Gasteiger partial charge in [0.1, 0.15) is 5.82 Å². The van der Waals surface area contributed by atoms with Crippen molar-refractivity contribution >= 4 is 37.7 Å². The number of nitrogens with zero attached hydrogens (tertiary/aromatic N) is 2. The predicted molar refractivity (Wildman–Crippen MR) is 96.6 cm³/mol. The highest BCUT2D eigenvalue weighted by Crippen LogP contribution is 2.35. The van der Waals surface area contributed by atoms with Gasteiger partial charge in [-0.05, 0) is 42.8 Å². The van der Waals surface area contributed by atoms with Crippen LogP contribution < -0.4 is 5.32 Å². The van der Waals surface area contributed by atoms with Crippen molar-refractivity contribution in [2.45, 2.75) is 6.42 Å². The van der Waals surface area contributed by atoms with Crippen molar-refractivity contribution in [1.82, 2.24) is 9.78 Å². The molecule has 0 aliphatic carbocycles. The van der Waals surface area contributed by atoms with E-state index in [9.17, 15) is 0 Å². The topological polar surface area (TPSA) is 29.9 Å². The Bertz CT molecular complexity index is 752. The molecule has 0 radical (unpaired) electrons. The van der Waals surface area contributed by atoms with Gasteiger partial charge in [-0.25, -0.2) is 4.68 Å². The first-order chi connectivity index (χ1) is 10.7. The molecule has 1 aliphatic rings. The third-order valence-electron chi connectivity index (χ3n) is 3.84. The van der Waals surface area contributed by atoms with E-state index in [1.54, 1.807) is 0 Å². The van der Waals surface area contributed by atoms with Crippen molar-refractivity contribution in [3.8, 4) is 16.9 Å². The third kappa shape index (κ3) is 2.38. The number of aromatic nitrogens is 2. The predicted octanol–water partition coefficient (Wildman–Crippen LogP) is 5.03. The van der Waals surface area contributed by atoms with Crippen LogP contribution in [0.1, 0.15) is 5.56 Å². The van der Waals surface area contributed by atoms with Crippen LogP contribution in [-0.4, -0.2) is 16.3 Å². The highest BCUT2D eigenvalue weighted by molar-refractivity contribution is 9.10. The van der Waals surface area contributed by atoms with E-state index in [-0.39, 0.29) is 0 Å². The summed E-state index contributed by atoms with van der Waals surface area (Å²) >= 11 is 6.97. The van der Waals surface area contributed by atoms with Crippen LogP contribution in [0.4, 0.5) is 5.82 Å². The van der Waals surface area contributed by atoms with Gasteiger partial charge in [0.2, 0.25) is 0 Å². The zero-order valence-corrected chi connectivity index (χ0v) is 14.9. The Morgan fingerprint density at radius 2 is 1.55 bits per heavy atom. The molecule has 0 amide bonds. The van der Waals surface area contributed by atoms with Crippen LogP contribution in [0.2, 0.25) is 0 Å². The number of hydrogen-bond donors (Lipinski definition) is 1. The Labute approximate surface area is 145 Å². The molecule has 1 aromatic heterocycles. The van der Waals surface area contributed by atoms with Gasteiger partial charge in [-0.15, -0.1) is 0 Å². The first-order valence-corrected chi connectivity index (χ1v) is 8.68. The molecule has 1 aliphatic heterocycles. The van der Waals surface area contributed by atoms with E-state index in [1.165, 1.54) is 5.56 Å². The van der Waals surface area contributed by atoms with Crippen molar-refractivity contribution in [3.63, 3.8) is 0 Å². The lowest BCUT2D eigenvalue weighted by Crippen LogP contribution is -2.04. The van der Waals surface area contributed by atoms with Gasteiger partial charge in [0.25, 0.3) is 0 Å². The van der Waals surface area contributed by atoms with Crippen molar-refractivity contribution in [1.29, 1.82) is 0 Å². The van der Waals surface area contributed by atoms with Crippen molar-refractivity contribution < 1.29 is 0 Å². The van der Waals surface area contributed by atoms with Gasteiger partial charge in [-0.3, -0.25) is 0 Å². The highest BCUT2D eigenvalue weighted by Gasteiger charge is 2.23. The molecule has 0 fully saturated rings. The lowest BCUT2D eigenvalue weighted by molar-refractivity contribution is 0.882.